The lowest BCUT2D eigenvalue weighted by atomic mass is 10.0. The van der Waals surface area contributed by atoms with E-state index in [4.69, 9.17) is 0 Å². The summed E-state index contributed by atoms with van der Waals surface area (Å²) in [5, 5.41) is 6.78. The SMILES string of the molecule is CC(C)CC(C)N(C(=O)C(=O)N(c1ccc(Nc2ccccc2)cc1)C(C)CC(C)C)c1ccc(Nc2ccccc2)cc1. The predicted molar refractivity (Wildman–Crippen MR) is 185 cm³/mol. The van der Waals surface area contributed by atoms with Crippen LogP contribution in [0.5, 0.6) is 0 Å². The Labute approximate surface area is 263 Å². The molecular weight excluding hydrogens is 544 g/mol. The number of benzene rings is 4. The van der Waals surface area contributed by atoms with Gasteiger partial charge in [-0.2, -0.15) is 0 Å². The molecule has 2 unspecified atom stereocenters. The molecular formula is C38H46N4O2. The van der Waals surface area contributed by atoms with E-state index < -0.39 is 11.8 Å². The maximum Gasteiger partial charge on any atom is 0.317 e. The highest BCUT2D eigenvalue weighted by atomic mass is 16.2. The highest BCUT2D eigenvalue weighted by Crippen LogP contribution is 2.29. The van der Waals surface area contributed by atoms with Crippen LogP contribution in [0.4, 0.5) is 34.1 Å². The van der Waals surface area contributed by atoms with Gasteiger partial charge in [-0.25, -0.2) is 0 Å². The number of carbonyl (C=O) groups is 2. The summed E-state index contributed by atoms with van der Waals surface area (Å²) >= 11 is 0. The largest absolute Gasteiger partial charge is 0.356 e. The molecule has 0 saturated heterocycles. The molecule has 6 heteroatoms. The van der Waals surface area contributed by atoms with E-state index in [0.29, 0.717) is 23.2 Å². The Kier molecular flexibility index (Phi) is 11.2. The standard InChI is InChI=1S/C38H46N4O2/c1-27(2)25-29(5)41(35-21-17-33(18-22-35)39-31-13-9-7-10-14-31)37(43)38(44)42(30(6)26-28(3)4)36-23-19-34(20-24-36)40-32-15-11-8-12-16-32/h7-24,27-30,39-40H,25-26H2,1-6H3. The summed E-state index contributed by atoms with van der Waals surface area (Å²) in [6.07, 6.45) is 1.54. The average Bonchev–Trinajstić information content (AvgIpc) is 2.99. The lowest BCUT2D eigenvalue weighted by Gasteiger charge is -2.35. The van der Waals surface area contributed by atoms with E-state index >= 15 is 0 Å². The quantitative estimate of drug-likeness (QED) is 0.161. The number of nitrogens with zero attached hydrogens (tertiary/aromatic N) is 2. The third-order valence-electron chi connectivity index (χ3n) is 7.54. The molecule has 0 aliphatic carbocycles. The zero-order chi connectivity index (χ0) is 31.6. The smallest absolute Gasteiger partial charge is 0.317 e. The lowest BCUT2D eigenvalue weighted by Crippen LogP contribution is -2.52. The van der Waals surface area contributed by atoms with Crippen molar-refractivity contribution in [2.75, 3.05) is 20.4 Å². The van der Waals surface area contributed by atoms with Gasteiger partial charge >= 0.3 is 11.8 Å². The number of para-hydroxylation sites is 2. The molecule has 0 spiro atoms. The maximum absolute atomic E-state index is 14.3. The molecule has 0 aliphatic heterocycles. The second-order valence-corrected chi connectivity index (χ2v) is 12.4. The topological polar surface area (TPSA) is 64.7 Å². The minimum atomic E-state index is -0.524. The van der Waals surface area contributed by atoms with Crippen molar-refractivity contribution in [3.05, 3.63) is 109 Å². The van der Waals surface area contributed by atoms with Crippen molar-refractivity contribution in [2.45, 2.75) is 66.5 Å². The van der Waals surface area contributed by atoms with Gasteiger partial charge in [0.15, 0.2) is 0 Å². The van der Waals surface area contributed by atoms with E-state index in [2.05, 4.69) is 38.3 Å². The van der Waals surface area contributed by atoms with Gasteiger partial charge in [0.1, 0.15) is 0 Å². The maximum atomic E-state index is 14.3. The Morgan fingerprint density at radius 2 is 0.773 bits per heavy atom. The minimum Gasteiger partial charge on any atom is -0.356 e. The van der Waals surface area contributed by atoms with Crippen LogP contribution in [0.15, 0.2) is 109 Å². The van der Waals surface area contributed by atoms with Crippen LogP contribution in [0.2, 0.25) is 0 Å². The molecule has 44 heavy (non-hydrogen) atoms. The number of hydrogen-bond donors (Lipinski definition) is 2. The van der Waals surface area contributed by atoms with Crippen molar-refractivity contribution in [3.63, 3.8) is 0 Å². The van der Waals surface area contributed by atoms with Crippen LogP contribution in [0.3, 0.4) is 0 Å². The van der Waals surface area contributed by atoms with Crippen LogP contribution < -0.4 is 20.4 Å². The first-order valence-electron chi connectivity index (χ1n) is 15.6. The summed E-state index contributed by atoms with van der Waals surface area (Å²) in [6.45, 7) is 12.6. The molecule has 2 atom stereocenters. The normalized spacial score (nSPS) is 12.5. The molecule has 4 aromatic rings. The van der Waals surface area contributed by atoms with Crippen molar-refractivity contribution < 1.29 is 9.59 Å². The molecule has 0 fully saturated rings. The van der Waals surface area contributed by atoms with Gasteiger partial charge in [0, 0.05) is 46.2 Å². The molecule has 0 heterocycles. The minimum absolute atomic E-state index is 0.168. The average molecular weight is 591 g/mol. The van der Waals surface area contributed by atoms with Gasteiger partial charge in [-0.15, -0.1) is 0 Å². The van der Waals surface area contributed by atoms with Crippen LogP contribution in [0, 0.1) is 11.8 Å². The summed E-state index contributed by atoms with van der Waals surface area (Å²) in [5.41, 5.74) is 5.19. The van der Waals surface area contributed by atoms with E-state index in [-0.39, 0.29) is 12.1 Å². The van der Waals surface area contributed by atoms with Gasteiger partial charge in [0.25, 0.3) is 0 Å². The first kappa shape index (κ1) is 32.3. The molecule has 2 amide bonds. The van der Waals surface area contributed by atoms with Crippen molar-refractivity contribution in [3.8, 4) is 0 Å². The molecule has 0 radical (unpaired) electrons. The first-order valence-corrected chi connectivity index (χ1v) is 15.6. The van der Waals surface area contributed by atoms with E-state index in [1.165, 1.54) is 0 Å². The zero-order valence-electron chi connectivity index (χ0n) is 26.8. The molecule has 6 nitrogen and oxygen atoms in total. The fraction of sp³-hybridized carbons (Fsp3) is 0.316. The number of rotatable bonds is 12. The van der Waals surface area contributed by atoms with E-state index in [1.54, 1.807) is 9.80 Å². The number of nitrogens with one attached hydrogen (secondary N) is 2. The summed E-state index contributed by atoms with van der Waals surface area (Å²) < 4.78 is 0. The van der Waals surface area contributed by atoms with Crippen LogP contribution in [0.1, 0.15) is 54.4 Å². The Bertz CT molecular complexity index is 1350. The third kappa shape index (κ3) is 8.73. The van der Waals surface area contributed by atoms with Crippen molar-refractivity contribution in [2.24, 2.45) is 11.8 Å². The highest BCUT2D eigenvalue weighted by molar-refractivity contribution is 6.45. The highest BCUT2D eigenvalue weighted by Gasteiger charge is 2.34. The Morgan fingerprint density at radius 1 is 0.477 bits per heavy atom. The van der Waals surface area contributed by atoms with Gasteiger partial charge in [0.05, 0.1) is 0 Å². The summed E-state index contributed by atoms with van der Waals surface area (Å²) in [7, 11) is 0. The molecule has 2 N–H and O–H groups in total. The van der Waals surface area contributed by atoms with E-state index in [0.717, 1.165) is 35.6 Å². The second kappa shape index (κ2) is 15.2. The second-order valence-electron chi connectivity index (χ2n) is 12.4. The lowest BCUT2D eigenvalue weighted by molar-refractivity contribution is -0.136. The fourth-order valence-corrected chi connectivity index (χ4v) is 5.71. The van der Waals surface area contributed by atoms with Crippen LogP contribution in [0.25, 0.3) is 0 Å². The summed E-state index contributed by atoms with van der Waals surface area (Å²) in [5.74, 6) is -0.335. The fourth-order valence-electron chi connectivity index (χ4n) is 5.71. The summed E-state index contributed by atoms with van der Waals surface area (Å²) in [4.78, 5) is 31.9. The van der Waals surface area contributed by atoms with Gasteiger partial charge in [-0.3, -0.25) is 9.59 Å². The number of hydrogen-bond acceptors (Lipinski definition) is 4. The van der Waals surface area contributed by atoms with Crippen LogP contribution in [-0.2, 0) is 9.59 Å². The van der Waals surface area contributed by atoms with E-state index in [9.17, 15) is 9.59 Å². The van der Waals surface area contributed by atoms with Crippen molar-refractivity contribution in [1.82, 2.24) is 0 Å². The van der Waals surface area contributed by atoms with Gasteiger partial charge in [-0.05, 0) is 111 Å². The number of anilines is 6. The van der Waals surface area contributed by atoms with Crippen molar-refractivity contribution >= 4 is 45.9 Å². The molecule has 4 rings (SSSR count). The van der Waals surface area contributed by atoms with Gasteiger partial charge in [0.2, 0.25) is 0 Å². The molecule has 0 aliphatic rings. The Balaban J connectivity index is 1.63. The molecule has 230 valence electrons. The van der Waals surface area contributed by atoms with E-state index in [1.807, 2.05) is 123 Å². The number of carbonyl (C=O) groups excluding carboxylic acids is 2. The molecule has 4 aromatic carbocycles. The monoisotopic (exact) mass is 590 g/mol. The molecule has 0 saturated carbocycles. The Hall–Kier alpha value is -4.58. The Morgan fingerprint density at radius 3 is 1.07 bits per heavy atom. The third-order valence-corrected chi connectivity index (χ3v) is 7.54. The zero-order valence-corrected chi connectivity index (χ0v) is 26.8. The summed E-state index contributed by atoms with van der Waals surface area (Å²) in [6, 6.07) is 35.0. The van der Waals surface area contributed by atoms with Crippen molar-refractivity contribution in [1.29, 1.82) is 0 Å². The van der Waals surface area contributed by atoms with Gasteiger partial charge in [-0.1, -0.05) is 64.1 Å². The predicted octanol–water partition coefficient (Wildman–Crippen LogP) is 9.41. The first-order chi connectivity index (χ1) is 21.1. The molecule has 0 aromatic heterocycles. The number of amides is 2. The molecule has 0 bridgehead atoms. The van der Waals surface area contributed by atoms with Crippen LogP contribution >= 0.6 is 0 Å². The van der Waals surface area contributed by atoms with Gasteiger partial charge < -0.3 is 20.4 Å². The van der Waals surface area contributed by atoms with Crippen LogP contribution in [-0.4, -0.2) is 23.9 Å².